The van der Waals surface area contributed by atoms with Crippen LogP contribution in [-0.4, -0.2) is 46.9 Å². The van der Waals surface area contributed by atoms with Crippen molar-refractivity contribution >= 4 is 23.4 Å². The number of nitrogens with zero attached hydrogens (tertiary/aromatic N) is 3. The average molecular weight is 376 g/mol. The van der Waals surface area contributed by atoms with Gasteiger partial charge in [-0.05, 0) is 44.0 Å². The van der Waals surface area contributed by atoms with E-state index < -0.39 is 0 Å². The summed E-state index contributed by atoms with van der Waals surface area (Å²) in [6.45, 7) is 3.32. The van der Waals surface area contributed by atoms with Gasteiger partial charge >= 0.3 is 0 Å². The minimum Gasteiger partial charge on any atom is -0.361 e. The number of aromatic nitrogens is 1. The van der Waals surface area contributed by atoms with Crippen LogP contribution in [0.1, 0.15) is 34.7 Å². The van der Waals surface area contributed by atoms with E-state index in [1.54, 1.807) is 41.1 Å². The summed E-state index contributed by atoms with van der Waals surface area (Å²) in [4.78, 5) is 28.9. The third-order valence-corrected chi connectivity index (χ3v) is 4.85. The largest absolute Gasteiger partial charge is 0.361 e. The van der Waals surface area contributed by atoms with Gasteiger partial charge in [-0.15, -0.1) is 0 Å². The second-order valence-corrected chi connectivity index (χ2v) is 7.16. The zero-order valence-corrected chi connectivity index (χ0v) is 15.7. The van der Waals surface area contributed by atoms with E-state index in [1.165, 1.54) is 0 Å². The van der Waals surface area contributed by atoms with Gasteiger partial charge in [-0.25, -0.2) is 0 Å². The van der Waals surface area contributed by atoms with Crippen LogP contribution in [-0.2, 0) is 11.3 Å². The van der Waals surface area contributed by atoms with Gasteiger partial charge in [0.15, 0.2) is 0 Å². The van der Waals surface area contributed by atoms with Gasteiger partial charge < -0.3 is 14.3 Å². The topological polar surface area (TPSA) is 66.7 Å². The maximum Gasteiger partial charge on any atom is 0.253 e. The van der Waals surface area contributed by atoms with Gasteiger partial charge in [0.05, 0.1) is 12.5 Å². The number of amides is 2. The fourth-order valence-electron chi connectivity index (χ4n) is 3.26. The molecule has 26 heavy (non-hydrogen) atoms. The number of piperidine rings is 1. The third kappa shape index (κ3) is 4.25. The smallest absolute Gasteiger partial charge is 0.253 e. The molecule has 1 saturated heterocycles. The van der Waals surface area contributed by atoms with Crippen molar-refractivity contribution < 1.29 is 14.1 Å². The fourth-order valence-corrected chi connectivity index (χ4v) is 3.39. The highest BCUT2D eigenvalue weighted by atomic mass is 35.5. The summed E-state index contributed by atoms with van der Waals surface area (Å²) in [5.41, 5.74) is 1.32. The average Bonchev–Trinajstić information content (AvgIpc) is 3.06. The summed E-state index contributed by atoms with van der Waals surface area (Å²) in [7, 11) is 1.76. The number of benzene rings is 1. The number of carbonyl (C=O) groups excluding carboxylic acids is 2. The van der Waals surface area contributed by atoms with Crippen molar-refractivity contribution in [2.45, 2.75) is 26.3 Å². The number of halogens is 1. The van der Waals surface area contributed by atoms with Gasteiger partial charge in [-0.2, -0.15) is 0 Å². The Morgan fingerprint density at radius 3 is 2.73 bits per heavy atom. The first-order chi connectivity index (χ1) is 12.4. The molecule has 0 N–H and O–H groups in total. The SMILES string of the molecule is Cc1cc(CN(C)C(=O)[C@@H]2CCCN(C(=O)c3ccc(Cl)cc3)C2)no1. The first-order valence-corrected chi connectivity index (χ1v) is 9.04. The van der Waals surface area contributed by atoms with Gasteiger partial charge in [-0.3, -0.25) is 9.59 Å². The lowest BCUT2D eigenvalue weighted by Crippen LogP contribution is -2.45. The van der Waals surface area contributed by atoms with Gasteiger partial charge in [0.2, 0.25) is 5.91 Å². The van der Waals surface area contributed by atoms with Crippen molar-refractivity contribution in [3.8, 4) is 0 Å². The van der Waals surface area contributed by atoms with E-state index in [-0.39, 0.29) is 17.7 Å². The third-order valence-electron chi connectivity index (χ3n) is 4.60. The fraction of sp³-hybridized carbons (Fsp3) is 0.421. The Morgan fingerprint density at radius 1 is 1.35 bits per heavy atom. The molecule has 0 aliphatic carbocycles. The highest BCUT2D eigenvalue weighted by molar-refractivity contribution is 6.30. The predicted octanol–water partition coefficient (Wildman–Crippen LogP) is 3.15. The van der Waals surface area contributed by atoms with Crippen LogP contribution < -0.4 is 0 Å². The Kier molecular flexibility index (Phi) is 5.61. The van der Waals surface area contributed by atoms with E-state index in [2.05, 4.69) is 5.16 Å². The molecule has 1 atom stereocenters. The lowest BCUT2D eigenvalue weighted by molar-refractivity contribution is -0.136. The van der Waals surface area contributed by atoms with Crippen molar-refractivity contribution in [3.05, 3.63) is 52.4 Å². The van der Waals surface area contributed by atoms with Crippen LogP contribution in [0.3, 0.4) is 0 Å². The summed E-state index contributed by atoms with van der Waals surface area (Å²) < 4.78 is 5.05. The summed E-state index contributed by atoms with van der Waals surface area (Å²) in [5, 5.41) is 4.52. The van der Waals surface area contributed by atoms with E-state index in [0.29, 0.717) is 30.2 Å². The van der Waals surface area contributed by atoms with Gasteiger partial charge in [0.1, 0.15) is 11.5 Å². The van der Waals surface area contributed by atoms with Crippen LogP contribution >= 0.6 is 11.6 Å². The summed E-state index contributed by atoms with van der Waals surface area (Å²) >= 11 is 5.88. The first kappa shape index (κ1) is 18.5. The second-order valence-electron chi connectivity index (χ2n) is 6.72. The van der Waals surface area contributed by atoms with Crippen LogP contribution in [0.25, 0.3) is 0 Å². The van der Waals surface area contributed by atoms with E-state index in [9.17, 15) is 9.59 Å². The molecule has 1 aliphatic rings. The zero-order chi connectivity index (χ0) is 18.7. The Balaban J connectivity index is 1.62. The zero-order valence-electron chi connectivity index (χ0n) is 14.9. The molecule has 0 radical (unpaired) electrons. The van der Waals surface area contributed by atoms with Crippen molar-refractivity contribution in [3.63, 3.8) is 0 Å². The first-order valence-electron chi connectivity index (χ1n) is 8.66. The van der Waals surface area contributed by atoms with Crippen molar-refractivity contribution in [2.75, 3.05) is 20.1 Å². The van der Waals surface area contributed by atoms with E-state index in [1.807, 2.05) is 13.0 Å². The molecule has 138 valence electrons. The van der Waals surface area contributed by atoms with Crippen LogP contribution in [0.2, 0.25) is 5.02 Å². The van der Waals surface area contributed by atoms with Gasteiger partial charge in [-0.1, -0.05) is 16.8 Å². The molecule has 2 amide bonds. The minimum atomic E-state index is -0.196. The van der Waals surface area contributed by atoms with Crippen LogP contribution in [0.5, 0.6) is 0 Å². The van der Waals surface area contributed by atoms with Crippen LogP contribution in [0.15, 0.2) is 34.9 Å². The number of rotatable bonds is 4. The predicted molar refractivity (Wildman–Crippen MR) is 97.8 cm³/mol. The standard InChI is InChI=1S/C19H22ClN3O3/c1-13-10-17(21-26-13)12-22(2)18(24)15-4-3-9-23(11-15)19(25)14-5-7-16(20)8-6-14/h5-8,10,15H,3-4,9,11-12H2,1-2H3/t15-/m1/s1. The lowest BCUT2D eigenvalue weighted by atomic mass is 9.96. The van der Waals surface area contributed by atoms with Crippen molar-refractivity contribution in [2.24, 2.45) is 5.92 Å². The monoisotopic (exact) mass is 375 g/mol. The molecule has 1 aliphatic heterocycles. The minimum absolute atomic E-state index is 0.0271. The Morgan fingerprint density at radius 2 is 2.08 bits per heavy atom. The number of aryl methyl sites for hydroxylation is 1. The van der Waals surface area contributed by atoms with E-state index in [4.69, 9.17) is 16.1 Å². The molecule has 2 aromatic rings. The van der Waals surface area contributed by atoms with Crippen LogP contribution in [0, 0.1) is 12.8 Å². The molecular formula is C19H22ClN3O3. The normalized spacial score (nSPS) is 17.2. The van der Waals surface area contributed by atoms with E-state index >= 15 is 0 Å². The number of hydrogen-bond donors (Lipinski definition) is 0. The van der Waals surface area contributed by atoms with Gasteiger partial charge in [0.25, 0.3) is 5.91 Å². The molecule has 0 bridgehead atoms. The number of carbonyl (C=O) groups is 2. The Hall–Kier alpha value is -2.34. The lowest BCUT2D eigenvalue weighted by Gasteiger charge is -2.34. The molecule has 7 heteroatoms. The molecule has 6 nitrogen and oxygen atoms in total. The molecule has 0 spiro atoms. The molecule has 3 rings (SSSR count). The highest BCUT2D eigenvalue weighted by Crippen LogP contribution is 2.22. The molecule has 2 heterocycles. The molecule has 0 unspecified atom stereocenters. The molecular weight excluding hydrogens is 354 g/mol. The van der Waals surface area contributed by atoms with Crippen LogP contribution in [0.4, 0.5) is 0 Å². The Labute approximate surface area is 157 Å². The number of likely N-dealkylation sites (tertiary alicyclic amines) is 1. The quantitative estimate of drug-likeness (QED) is 0.823. The van der Waals surface area contributed by atoms with E-state index in [0.717, 1.165) is 24.3 Å². The molecule has 0 saturated carbocycles. The summed E-state index contributed by atoms with van der Waals surface area (Å²) in [5.74, 6) is 0.490. The van der Waals surface area contributed by atoms with Gasteiger partial charge in [0, 0.05) is 36.8 Å². The molecule has 1 fully saturated rings. The van der Waals surface area contributed by atoms with Crippen molar-refractivity contribution in [1.29, 1.82) is 0 Å². The molecule has 1 aromatic carbocycles. The maximum absolute atomic E-state index is 12.8. The highest BCUT2D eigenvalue weighted by Gasteiger charge is 2.30. The van der Waals surface area contributed by atoms with Crippen molar-refractivity contribution in [1.82, 2.24) is 15.0 Å². The summed E-state index contributed by atoms with van der Waals surface area (Å²) in [6.07, 6.45) is 1.60. The second kappa shape index (κ2) is 7.91. The Bertz CT molecular complexity index is 788. The number of hydrogen-bond acceptors (Lipinski definition) is 4. The summed E-state index contributed by atoms with van der Waals surface area (Å²) in [6, 6.07) is 8.66. The maximum atomic E-state index is 12.8. The molecule has 1 aromatic heterocycles.